The second-order valence-electron chi connectivity index (χ2n) is 9.14. The van der Waals surface area contributed by atoms with Gasteiger partial charge in [0.2, 0.25) is 5.95 Å². The van der Waals surface area contributed by atoms with Crippen molar-refractivity contribution in [2.24, 2.45) is 0 Å². The molecule has 0 bridgehead atoms. The van der Waals surface area contributed by atoms with Gasteiger partial charge in [-0.1, -0.05) is 30.3 Å². The minimum Gasteiger partial charge on any atom is -0.352 e. The Morgan fingerprint density at radius 3 is 2.59 bits per heavy atom. The minimum atomic E-state index is -0.101. The molecule has 1 N–H and O–H groups in total. The number of anilines is 1. The second kappa shape index (κ2) is 8.30. The number of benzene rings is 1. The maximum Gasteiger partial charge on any atom is 0.257 e. The maximum atomic E-state index is 13.3. The van der Waals surface area contributed by atoms with Crippen LogP contribution in [-0.4, -0.2) is 49.9 Å². The van der Waals surface area contributed by atoms with Crippen molar-refractivity contribution in [1.82, 2.24) is 24.8 Å². The van der Waals surface area contributed by atoms with Crippen LogP contribution in [0.4, 0.5) is 5.95 Å². The van der Waals surface area contributed by atoms with Crippen molar-refractivity contribution in [3.05, 3.63) is 65.7 Å². The number of rotatable bonds is 4. The number of aromatic nitrogens is 4. The van der Waals surface area contributed by atoms with E-state index in [2.05, 4.69) is 20.3 Å². The molecule has 32 heavy (non-hydrogen) atoms. The summed E-state index contributed by atoms with van der Waals surface area (Å²) in [5.74, 6) is 1.29. The Hall–Kier alpha value is -3.35. The van der Waals surface area contributed by atoms with Crippen LogP contribution in [0.15, 0.2) is 48.9 Å². The summed E-state index contributed by atoms with van der Waals surface area (Å²) in [6.45, 7) is 5.48. The van der Waals surface area contributed by atoms with Crippen molar-refractivity contribution >= 4 is 11.9 Å². The molecule has 2 aromatic heterocycles. The molecular formula is C25H28N6O. The molecule has 1 spiro atoms. The Balaban J connectivity index is 1.39. The molecule has 164 valence electrons. The summed E-state index contributed by atoms with van der Waals surface area (Å²) in [6, 6.07) is 10.3. The molecule has 3 heterocycles. The van der Waals surface area contributed by atoms with E-state index in [0.717, 1.165) is 49.3 Å². The number of likely N-dealkylation sites (tertiary alicyclic amines) is 1. The van der Waals surface area contributed by atoms with Gasteiger partial charge in [-0.25, -0.2) is 19.9 Å². The SMILES string of the molecule is CC(C)Nc1ncc(C(=O)N2CCCC3(CCc4cnc(-c5ccccc5)nc43)C2)cn1. The third-order valence-corrected chi connectivity index (χ3v) is 6.45. The summed E-state index contributed by atoms with van der Waals surface area (Å²) in [6.07, 6.45) is 9.21. The number of aryl methyl sites for hydroxylation is 1. The van der Waals surface area contributed by atoms with Crippen molar-refractivity contribution in [2.45, 2.75) is 51.0 Å². The van der Waals surface area contributed by atoms with E-state index < -0.39 is 0 Å². The van der Waals surface area contributed by atoms with E-state index in [1.165, 1.54) is 5.56 Å². The molecule has 5 rings (SSSR count). The number of fused-ring (bicyclic) bond motifs is 2. The number of nitrogens with zero attached hydrogens (tertiary/aromatic N) is 5. The molecule has 1 fully saturated rings. The van der Waals surface area contributed by atoms with Gasteiger partial charge in [0, 0.05) is 48.7 Å². The molecule has 1 amide bonds. The highest BCUT2D eigenvalue weighted by Gasteiger charge is 2.45. The van der Waals surface area contributed by atoms with Crippen LogP contribution in [0.2, 0.25) is 0 Å². The van der Waals surface area contributed by atoms with Gasteiger partial charge in [0.25, 0.3) is 5.91 Å². The monoisotopic (exact) mass is 428 g/mol. The van der Waals surface area contributed by atoms with Gasteiger partial charge in [0.15, 0.2) is 5.82 Å². The fourth-order valence-corrected chi connectivity index (χ4v) is 4.92. The second-order valence-corrected chi connectivity index (χ2v) is 9.14. The fourth-order valence-electron chi connectivity index (χ4n) is 4.92. The number of piperidine rings is 1. The van der Waals surface area contributed by atoms with E-state index in [4.69, 9.17) is 4.98 Å². The Labute approximate surface area is 188 Å². The van der Waals surface area contributed by atoms with Crippen molar-refractivity contribution < 1.29 is 4.79 Å². The molecule has 1 atom stereocenters. The average Bonchev–Trinajstić information content (AvgIpc) is 3.16. The Morgan fingerprint density at radius 1 is 1.06 bits per heavy atom. The molecule has 1 aliphatic heterocycles. The zero-order chi connectivity index (χ0) is 22.1. The van der Waals surface area contributed by atoms with Crippen molar-refractivity contribution in [3.63, 3.8) is 0 Å². The fraction of sp³-hybridized carbons (Fsp3) is 0.400. The van der Waals surface area contributed by atoms with E-state index >= 15 is 0 Å². The lowest BCUT2D eigenvalue weighted by molar-refractivity contribution is 0.0632. The van der Waals surface area contributed by atoms with Crippen LogP contribution in [-0.2, 0) is 11.8 Å². The predicted molar refractivity (Wildman–Crippen MR) is 123 cm³/mol. The van der Waals surface area contributed by atoms with Crippen LogP contribution in [0.5, 0.6) is 0 Å². The molecule has 3 aromatic rings. The van der Waals surface area contributed by atoms with Crippen LogP contribution in [0.1, 0.15) is 54.7 Å². The Morgan fingerprint density at radius 2 is 1.84 bits per heavy atom. The number of carbonyl (C=O) groups is 1. The summed E-state index contributed by atoms with van der Waals surface area (Å²) in [7, 11) is 0. The summed E-state index contributed by atoms with van der Waals surface area (Å²) in [5, 5.41) is 3.16. The van der Waals surface area contributed by atoms with Gasteiger partial charge in [-0.3, -0.25) is 4.79 Å². The molecule has 1 unspecified atom stereocenters. The van der Waals surface area contributed by atoms with Gasteiger partial charge in [0.05, 0.1) is 11.3 Å². The number of hydrogen-bond acceptors (Lipinski definition) is 6. The van der Waals surface area contributed by atoms with E-state index in [-0.39, 0.29) is 17.4 Å². The van der Waals surface area contributed by atoms with Gasteiger partial charge in [0.1, 0.15) is 0 Å². The quantitative estimate of drug-likeness (QED) is 0.679. The Kier molecular flexibility index (Phi) is 5.33. The number of carbonyl (C=O) groups excluding carboxylic acids is 1. The third kappa shape index (κ3) is 3.83. The maximum absolute atomic E-state index is 13.3. The number of amides is 1. The van der Waals surface area contributed by atoms with E-state index in [1.54, 1.807) is 12.4 Å². The highest BCUT2D eigenvalue weighted by atomic mass is 16.2. The lowest BCUT2D eigenvalue weighted by atomic mass is 9.77. The smallest absolute Gasteiger partial charge is 0.257 e. The summed E-state index contributed by atoms with van der Waals surface area (Å²) >= 11 is 0. The topological polar surface area (TPSA) is 83.9 Å². The number of nitrogens with one attached hydrogen (secondary N) is 1. The number of hydrogen-bond donors (Lipinski definition) is 1. The molecule has 2 aliphatic rings. The first kappa shape index (κ1) is 20.5. The molecule has 1 aliphatic carbocycles. The van der Waals surface area contributed by atoms with Crippen LogP contribution >= 0.6 is 0 Å². The first-order valence-corrected chi connectivity index (χ1v) is 11.3. The lowest BCUT2D eigenvalue weighted by Crippen LogP contribution is -2.48. The predicted octanol–water partition coefficient (Wildman–Crippen LogP) is 3.87. The molecule has 7 nitrogen and oxygen atoms in total. The van der Waals surface area contributed by atoms with Gasteiger partial charge in [-0.2, -0.15) is 0 Å². The summed E-state index contributed by atoms with van der Waals surface area (Å²) < 4.78 is 0. The first-order valence-electron chi connectivity index (χ1n) is 11.3. The van der Waals surface area contributed by atoms with E-state index in [9.17, 15) is 4.79 Å². The van der Waals surface area contributed by atoms with Crippen LogP contribution in [0, 0.1) is 0 Å². The Bertz CT molecular complexity index is 1110. The van der Waals surface area contributed by atoms with Gasteiger partial charge >= 0.3 is 0 Å². The first-order chi connectivity index (χ1) is 15.5. The zero-order valence-corrected chi connectivity index (χ0v) is 18.6. The average molecular weight is 429 g/mol. The van der Waals surface area contributed by atoms with Crippen molar-refractivity contribution in [2.75, 3.05) is 18.4 Å². The molecule has 0 saturated carbocycles. The molecule has 0 radical (unpaired) electrons. The van der Waals surface area contributed by atoms with Gasteiger partial charge in [-0.05, 0) is 45.1 Å². The minimum absolute atomic E-state index is 0.00837. The van der Waals surface area contributed by atoms with Crippen LogP contribution < -0.4 is 5.32 Å². The third-order valence-electron chi connectivity index (χ3n) is 6.45. The molecule has 1 aromatic carbocycles. The van der Waals surface area contributed by atoms with Gasteiger partial charge < -0.3 is 10.2 Å². The van der Waals surface area contributed by atoms with Gasteiger partial charge in [-0.15, -0.1) is 0 Å². The zero-order valence-electron chi connectivity index (χ0n) is 18.6. The van der Waals surface area contributed by atoms with Crippen LogP contribution in [0.3, 0.4) is 0 Å². The van der Waals surface area contributed by atoms with Crippen molar-refractivity contribution in [1.29, 1.82) is 0 Å². The highest BCUT2D eigenvalue weighted by Crippen LogP contribution is 2.44. The summed E-state index contributed by atoms with van der Waals surface area (Å²) in [5.41, 5.74) is 3.79. The molecule has 1 saturated heterocycles. The lowest BCUT2D eigenvalue weighted by Gasteiger charge is -2.40. The standard InChI is InChI=1S/C25H28N6O/c1-17(2)29-24-27-14-20(15-28-24)23(32)31-12-6-10-25(16-31)11-9-19-13-26-22(30-21(19)25)18-7-4-3-5-8-18/h3-5,7-8,13-15,17H,6,9-12,16H2,1-2H3,(H,27,28,29). The summed E-state index contributed by atoms with van der Waals surface area (Å²) in [4.78, 5) is 33.5. The van der Waals surface area contributed by atoms with Crippen molar-refractivity contribution in [3.8, 4) is 11.4 Å². The normalized spacial score (nSPS) is 19.9. The molecule has 7 heteroatoms. The highest BCUT2D eigenvalue weighted by molar-refractivity contribution is 5.93. The van der Waals surface area contributed by atoms with E-state index in [1.807, 2.05) is 55.3 Å². The van der Waals surface area contributed by atoms with E-state index in [0.29, 0.717) is 18.1 Å². The molecular weight excluding hydrogens is 400 g/mol. The largest absolute Gasteiger partial charge is 0.352 e. The van der Waals surface area contributed by atoms with Crippen LogP contribution in [0.25, 0.3) is 11.4 Å².